The van der Waals surface area contributed by atoms with Crippen molar-refractivity contribution in [1.29, 1.82) is 0 Å². The molecule has 0 saturated carbocycles. The van der Waals surface area contributed by atoms with Crippen molar-refractivity contribution in [1.82, 2.24) is 4.90 Å². The van der Waals surface area contributed by atoms with E-state index in [0.29, 0.717) is 18.7 Å². The zero-order valence-corrected chi connectivity index (χ0v) is 17.4. The second-order valence-electron chi connectivity index (χ2n) is 8.05. The van der Waals surface area contributed by atoms with Gasteiger partial charge >= 0.3 is 0 Å². The molecule has 0 spiro atoms. The van der Waals surface area contributed by atoms with E-state index < -0.39 is 17.7 Å². The van der Waals surface area contributed by atoms with Gasteiger partial charge in [-0.05, 0) is 37.3 Å². The standard InChI is InChI=1S/C25H27NO4/c1-3-17-8-12-18(13-9-17)22-21(23(27)19-10-6-16(2)7-11-19)24(28)25(29)26(22)15-20-5-4-14-30-20/h6-13,20,22,27H,3-5,14-15H2,1-2H3/b23-21-. The summed E-state index contributed by atoms with van der Waals surface area (Å²) in [5, 5.41) is 11.1. The molecule has 2 aromatic carbocycles. The fraction of sp³-hybridized carbons (Fsp3) is 0.360. The Morgan fingerprint density at radius 3 is 2.40 bits per heavy atom. The lowest BCUT2D eigenvalue weighted by Gasteiger charge is -2.27. The van der Waals surface area contributed by atoms with Crippen molar-refractivity contribution >= 4 is 17.4 Å². The minimum atomic E-state index is -0.643. The molecule has 30 heavy (non-hydrogen) atoms. The number of likely N-dealkylation sites (tertiary alicyclic amines) is 1. The number of carbonyl (C=O) groups is 2. The number of aliphatic hydroxyl groups is 1. The zero-order valence-electron chi connectivity index (χ0n) is 17.4. The van der Waals surface area contributed by atoms with Crippen LogP contribution < -0.4 is 0 Å². The van der Waals surface area contributed by atoms with E-state index >= 15 is 0 Å². The third kappa shape index (κ3) is 3.77. The van der Waals surface area contributed by atoms with Crippen molar-refractivity contribution in [3.8, 4) is 0 Å². The monoisotopic (exact) mass is 405 g/mol. The molecule has 2 atom stereocenters. The minimum Gasteiger partial charge on any atom is -0.507 e. The normalized spacial score (nSPS) is 23.3. The van der Waals surface area contributed by atoms with Gasteiger partial charge in [0.05, 0.1) is 17.7 Å². The highest BCUT2D eigenvalue weighted by Crippen LogP contribution is 2.40. The van der Waals surface area contributed by atoms with Crippen LogP contribution in [0.3, 0.4) is 0 Å². The summed E-state index contributed by atoms with van der Waals surface area (Å²) >= 11 is 0. The molecule has 2 heterocycles. The van der Waals surface area contributed by atoms with Crippen LogP contribution in [0.5, 0.6) is 0 Å². The first-order valence-corrected chi connectivity index (χ1v) is 10.6. The molecule has 4 rings (SSSR count). The Morgan fingerprint density at radius 1 is 1.10 bits per heavy atom. The minimum absolute atomic E-state index is 0.0833. The predicted molar refractivity (Wildman–Crippen MR) is 115 cm³/mol. The van der Waals surface area contributed by atoms with Crippen molar-refractivity contribution in [2.75, 3.05) is 13.2 Å². The first kappa shape index (κ1) is 20.4. The van der Waals surface area contributed by atoms with E-state index in [-0.39, 0.29) is 17.4 Å². The van der Waals surface area contributed by atoms with Crippen LogP contribution >= 0.6 is 0 Å². The fourth-order valence-electron chi connectivity index (χ4n) is 4.23. The van der Waals surface area contributed by atoms with Crippen molar-refractivity contribution in [3.05, 3.63) is 76.4 Å². The number of rotatable bonds is 5. The molecule has 2 aliphatic rings. The van der Waals surface area contributed by atoms with Crippen LogP contribution in [0.1, 0.15) is 48.1 Å². The Hall–Kier alpha value is -2.92. The van der Waals surface area contributed by atoms with E-state index in [0.717, 1.165) is 30.4 Å². The number of hydrogen-bond donors (Lipinski definition) is 1. The lowest BCUT2D eigenvalue weighted by atomic mass is 9.94. The number of Topliss-reactive ketones (excluding diaryl/α,β-unsaturated/α-hetero) is 1. The van der Waals surface area contributed by atoms with Gasteiger partial charge in [-0.1, -0.05) is 61.0 Å². The number of benzene rings is 2. The van der Waals surface area contributed by atoms with Crippen LogP contribution in [0.2, 0.25) is 0 Å². The molecule has 0 radical (unpaired) electrons. The topological polar surface area (TPSA) is 66.8 Å². The second kappa shape index (κ2) is 8.44. The van der Waals surface area contributed by atoms with Gasteiger partial charge in [-0.15, -0.1) is 0 Å². The SMILES string of the molecule is CCc1ccc(C2/C(=C(/O)c3ccc(C)cc3)C(=O)C(=O)N2CC2CCCO2)cc1. The van der Waals surface area contributed by atoms with Crippen LogP contribution in [0.25, 0.3) is 5.76 Å². The first-order valence-electron chi connectivity index (χ1n) is 10.6. The van der Waals surface area contributed by atoms with Crippen molar-refractivity contribution in [2.45, 2.75) is 45.3 Å². The molecule has 0 aromatic heterocycles. The number of aryl methyl sites for hydroxylation is 2. The van der Waals surface area contributed by atoms with E-state index in [9.17, 15) is 14.7 Å². The summed E-state index contributed by atoms with van der Waals surface area (Å²) in [4.78, 5) is 27.6. The molecule has 2 aromatic rings. The number of nitrogens with zero attached hydrogens (tertiary/aromatic N) is 1. The average Bonchev–Trinajstić information content (AvgIpc) is 3.36. The van der Waals surface area contributed by atoms with Gasteiger partial charge in [0.25, 0.3) is 11.7 Å². The lowest BCUT2D eigenvalue weighted by Crippen LogP contribution is -2.36. The van der Waals surface area contributed by atoms with Crippen LogP contribution in [0.15, 0.2) is 54.1 Å². The van der Waals surface area contributed by atoms with Crippen molar-refractivity contribution in [2.24, 2.45) is 0 Å². The van der Waals surface area contributed by atoms with Crippen molar-refractivity contribution in [3.63, 3.8) is 0 Å². The molecule has 1 amide bonds. The summed E-state index contributed by atoms with van der Waals surface area (Å²) in [6.45, 7) is 5.05. The maximum absolute atomic E-state index is 13.0. The van der Waals surface area contributed by atoms with Crippen LogP contribution in [0, 0.1) is 6.92 Å². The van der Waals surface area contributed by atoms with Crippen LogP contribution in [0.4, 0.5) is 0 Å². The Balaban J connectivity index is 1.80. The van der Waals surface area contributed by atoms with Gasteiger partial charge in [-0.25, -0.2) is 0 Å². The first-order chi connectivity index (χ1) is 14.5. The van der Waals surface area contributed by atoms with E-state index in [4.69, 9.17) is 4.74 Å². The predicted octanol–water partition coefficient (Wildman–Crippen LogP) is 4.16. The van der Waals surface area contributed by atoms with Gasteiger partial charge < -0.3 is 14.7 Å². The second-order valence-corrected chi connectivity index (χ2v) is 8.05. The highest BCUT2D eigenvalue weighted by molar-refractivity contribution is 6.46. The van der Waals surface area contributed by atoms with Gasteiger partial charge in [-0.3, -0.25) is 9.59 Å². The van der Waals surface area contributed by atoms with E-state index in [1.807, 2.05) is 43.3 Å². The Labute approximate surface area is 177 Å². The van der Waals surface area contributed by atoms with E-state index in [1.165, 1.54) is 5.56 Å². The number of hydrogen-bond acceptors (Lipinski definition) is 4. The average molecular weight is 405 g/mol. The quantitative estimate of drug-likeness (QED) is 0.461. The van der Waals surface area contributed by atoms with Gasteiger partial charge in [0.15, 0.2) is 0 Å². The largest absolute Gasteiger partial charge is 0.507 e. The summed E-state index contributed by atoms with van der Waals surface area (Å²) in [5.41, 5.74) is 3.72. The summed E-state index contributed by atoms with van der Waals surface area (Å²) in [6.07, 6.45) is 2.63. The van der Waals surface area contributed by atoms with Gasteiger partial charge in [0.2, 0.25) is 0 Å². The molecule has 5 heteroatoms. The smallest absolute Gasteiger partial charge is 0.295 e. The molecule has 2 aliphatic heterocycles. The molecule has 2 saturated heterocycles. The fourth-order valence-corrected chi connectivity index (χ4v) is 4.23. The van der Waals surface area contributed by atoms with Gasteiger partial charge in [0, 0.05) is 18.7 Å². The number of ether oxygens (including phenoxy) is 1. The van der Waals surface area contributed by atoms with Gasteiger partial charge in [0.1, 0.15) is 5.76 Å². The van der Waals surface area contributed by atoms with Crippen LogP contribution in [-0.2, 0) is 20.7 Å². The molecule has 2 unspecified atom stereocenters. The van der Waals surface area contributed by atoms with Gasteiger partial charge in [-0.2, -0.15) is 0 Å². The molecule has 2 fully saturated rings. The summed E-state index contributed by atoms with van der Waals surface area (Å²) in [6, 6.07) is 14.6. The Morgan fingerprint density at radius 2 is 1.80 bits per heavy atom. The Bertz CT molecular complexity index is 969. The van der Waals surface area contributed by atoms with Crippen molar-refractivity contribution < 1.29 is 19.4 Å². The number of carbonyl (C=O) groups excluding carboxylic acids is 2. The molecule has 1 N–H and O–H groups in total. The molecular weight excluding hydrogens is 378 g/mol. The molecule has 5 nitrogen and oxygen atoms in total. The molecule has 0 aliphatic carbocycles. The molecule has 156 valence electrons. The maximum atomic E-state index is 13.0. The highest BCUT2D eigenvalue weighted by atomic mass is 16.5. The Kier molecular flexibility index (Phi) is 5.73. The summed E-state index contributed by atoms with van der Waals surface area (Å²) in [5.74, 6) is -1.35. The molecule has 0 bridgehead atoms. The number of ketones is 1. The van der Waals surface area contributed by atoms with E-state index in [2.05, 4.69) is 6.92 Å². The molecular formula is C25H27NO4. The lowest BCUT2D eigenvalue weighted by molar-refractivity contribution is -0.140. The van der Waals surface area contributed by atoms with Crippen LogP contribution in [-0.4, -0.2) is 41.0 Å². The number of amides is 1. The third-order valence-electron chi connectivity index (χ3n) is 5.99. The van der Waals surface area contributed by atoms with E-state index in [1.54, 1.807) is 17.0 Å². The number of aliphatic hydroxyl groups excluding tert-OH is 1. The summed E-state index contributed by atoms with van der Waals surface area (Å²) in [7, 11) is 0. The third-order valence-corrected chi connectivity index (χ3v) is 5.99. The maximum Gasteiger partial charge on any atom is 0.295 e. The summed E-state index contributed by atoms with van der Waals surface area (Å²) < 4.78 is 5.73. The zero-order chi connectivity index (χ0) is 21.3. The highest BCUT2D eigenvalue weighted by Gasteiger charge is 2.47.